The maximum Gasteiger partial charge on any atom is 0.249 e. The molecule has 7 N–H and O–H groups in total. The van der Waals surface area contributed by atoms with Gasteiger partial charge in [-0.25, -0.2) is 0 Å². The Hall–Kier alpha value is -4.78. The van der Waals surface area contributed by atoms with Crippen LogP contribution in [0.5, 0.6) is 0 Å². The summed E-state index contributed by atoms with van der Waals surface area (Å²) in [5.41, 5.74) is 11.9. The number of carbonyl (C=O) groups is 6. The molecule has 13 nitrogen and oxygen atoms in total. The molecule has 2 aromatic rings. The Morgan fingerprint density at radius 3 is 1.98 bits per heavy atom. The lowest BCUT2D eigenvalue weighted by Crippen LogP contribution is -2.61. The van der Waals surface area contributed by atoms with Gasteiger partial charge in [0.15, 0.2) is 0 Å². The molecule has 310 valence electrons. The molecule has 1 unspecified atom stereocenters. The van der Waals surface area contributed by atoms with Crippen LogP contribution in [0, 0.1) is 11.8 Å². The molecule has 0 aromatic heterocycles. The Labute approximate surface area is 337 Å². The van der Waals surface area contributed by atoms with Crippen LogP contribution in [0.2, 0.25) is 0 Å². The first-order valence-electron chi connectivity index (χ1n) is 21.0. The molecule has 2 heterocycles. The number of amides is 6. The number of hydrogen-bond acceptors (Lipinski definition) is 7. The lowest BCUT2D eigenvalue weighted by molar-refractivity contribution is -0.151. The van der Waals surface area contributed by atoms with E-state index in [0.717, 1.165) is 36.8 Å². The predicted octanol–water partition coefficient (Wildman–Crippen LogP) is 3.13. The molecule has 5 rings (SSSR count). The van der Waals surface area contributed by atoms with E-state index < -0.39 is 47.4 Å². The van der Waals surface area contributed by atoms with Gasteiger partial charge in [-0.3, -0.25) is 28.8 Å². The molecular formula is C44H63N7O6. The molecule has 3 fully saturated rings. The van der Waals surface area contributed by atoms with Gasteiger partial charge in [-0.2, -0.15) is 0 Å². The first-order valence-corrected chi connectivity index (χ1v) is 21.0. The van der Waals surface area contributed by atoms with Crippen molar-refractivity contribution in [1.29, 1.82) is 0 Å². The van der Waals surface area contributed by atoms with Crippen molar-refractivity contribution in [2.24, 2.45) is 23.3 Å². The molecule has 1 spiro atoms. The van der Waals surface area contributed by atoms with Crippen LogP contribution in [0.1, 0.15) is 102 Å². The van der Waals surface area contributed by atoms with E-state index in [2.05, 4.69) is 16.0 Å². The van der Waals surface area contributed by atoms with Gasteiger partial charge in [-0.1, -0.05) is 107 Å². The number of benzene rings is 2. The third kappa shape index (κ3) is 11.4. The van der Waals surface area contributed by atoms with Gasteiger partial charge in [0.25, 0.3) is 0 Å². The fourth-order valence-corrected chi connectivity index (χ4v) is 8.95. The Kier molecular flexibility index (Phi) is 15.7. The van der Waals surface area contributed by atoms with E-state index in [1.807, 2.05) is 74.5 Å². The summed E-state index contributed by atoms with van der Waals surface area (Å²) < 4.78 is 0. The average molecular weight is 786 g/mol. The quantitative estimate of drug-likeness (QED) is 0.144. The molecule has 3 aliphatic rings. The zero-order chi connectivity index (χ0) is 41.0. The zero-order valence-corrected chi connectivity index (χ0v) is 33.8. The summed E-state index contributed by atoms with van der Waals surface area (Å²) in [5.74, 6) is -2.13. The summed E-state index contributed by atoms with van der Waals surface area (Å²) in [4.78, 5) is 86.5. The largest absolute Gasteiger partial charge is 0.368 e. The Morgan fingerprint density at radius 1 is 0.772 bits per heavy atom. The van der Waals surface area contributed by atoms with E-state index in [-0.39, 0.29) is 49.4 Å². The molecule has 6 amide bonds. The van der Waals surface area contributed by atoms with Crippen molar-refractivity contribution in [3.05, 3.63) is 71.8 Å². The van der Waals surface area contributed by atoms with E-state index in [1.54, 1.807) is 9.80 Å². The van der Waals surface area contributed by atoms with Crippen LogP contribution < -0.4 is 27.4 Å². The zero-order valence-electron chi connectivity index (χ0n) is 33.8. The van der Waals surface area contributed by atoms with E-state index in [1.165, 1.54) is 6.42 Å². The van der Waals surface area contributed by atoms with Crippen LogP contribution in [0.15, 0.2) is 60.7 Å². The lowest BCUT2D eigenvalue weighted by Gasteiger charge is -2.37. The average Bonchev–Trinajstić information content (AvgIpc) is 3.78. The first kappa shape index (κ1) is 43.3. The van der Waals surface area contributed by atoms with Crippen molar-refractivity contribution in [1.82, 2.24) is 25.8 Å². The number of carbonyl (C=O) groups excluding carboxylic acids is 6. The van der Waals surface area contributed by atoms with Crippen LogP contribution in [0.25, 0.3) is 0 Å². The smallest absolute Gasteiger partial charge is 0.249 e. The number of nitrogens with one attached hydrogen (secondary N) is 3. The van der Waals surface area contributed by atoms with Crippen LogP contribution in [0.4, 0.5) is 0 Å². The highest BCUT2D eigenvalue weighted by atomic mass is 16.2. The number of rotatable bonds is 19. The summed E-state index contributed by atoms with van der Waals surface area (Å²) in [6.07, 6.45) is 8.55. The normalized spacial score (nSPS) is 20.6. The highest BCUT2D eigenvalue weighted by molar-refractivity contribution is 6.00. The molecule has 57 heavy (non-hydrogen) atoms. The third-order valence-electron chi connectivity index (χ3n) is 11.9. The van der Waals surface area contributed by atoms with E-state index in [0.29, 0.717) is 57.5 Å². The number of likely N-dealkylation sites (tertiary alicyclic amines) is 2. The van der Waals surface area contributed by atoms with Gasteiger partial charge in [0.2, 0.25) is 35.4 Å². The Balaban J connectivity index is 1.37. The van der Waals surface area contributed by atoms with Gasteiger partial charge in [-0.05, 0) is 68.0 Å². The van der Waals surface area contributed by atoms with E-state index in [9.17, 15) is 28.8 Å². The van der Waals surface area contributed by atoms with Crippen molar-refractivity contribution >= 4 is 35.4 Å². The molecule has 2 aliphatic heterocycles. The molecule has 1 aliphatic carbocycles. The predicted molar refractivity (Wildman–Crippen MR) is 218 cm³/mol. The van der Waals surface area contributed by atoms with Gasteiger partial charge in [0.1, 0.15) is 29.7 Å². The van der Waals surface area contributed by atoms with Crippen LogP contribution in [-0.4, -0.2) is 94.6 Å². The first-order chi connectivity index (χ1) is 27.4. The van der Waals surface area contributed by atoms with Crippen LogP contribution in [0.3, 0.4) is 0 Å². The number of hydrogen-bond donors (Lipinski definition) is 5. The summed E-state index contributed by atoms with van der Waals surface area (Å²) >= 11 is 0. The second kappa shape index (κ2) is 20.6. The molecule has 0 bridgehead atoms. The second-order valence-electron chi connectivity index (χ2n) is 16.7. The molecule has 1 saturated carbocycles. The van der Waals surface area contributed by atoms with Gasteiger partial charge < -0.3 is 37.2 Å². The standard InChI is InChI=1S/C44H63N7O6/c1-30(2)26-37(41(55)48-34(39(46)53)27-31-14-6-3-7-15-31)50-25-22-44(43(50)57)21-13-24-51(44)42(56)36(29-33-18-10-5-11-19-33)49-40(54)35(47-38(52)20-12-23-45)28-32-16-8-4-9-17-32/h4-5,8-11,16-19,30-31,34-37H,3,6-7,12-15,20-29,45H2,1-2H3,(H2,46,53)(H,47,52)(H,48,55)(H,49,54)/t34-,35+,36+,37+,44?/m1/s1. The summed E-state index contributed by atoms with van der Waals surface area (Å²) in [5, 5.41) is 8.78. The SMILES string of the molecule is CC(C)C[C@@H](C(=O)N[C@H](CC1CCCCC1)C(N)=O)N1CCC2(CCCN2C(=O)[C@H](Cc2ccccc2)NC(=O)[C@H](Cc2ccccc2)NC(=O)CCCN)C1=O. The molecule has 2 saturated heterocycles. The van der Waals surface area contributed by atoms with E-state index >= 15 is 0 Å². The summed E-state index contributed by atoms with van der Waals surface area (Å²) in [7, 11) is 0. The highest BCUT2D eigenvalue weighted by Crippen LogP contribution is 2.41. The number of primary amides is 1. The molecule has 13 heteroatoms. The summed E-state index contributed by atoms with van der Waals surface area (Å²) in [6, 6.07) is 15.0. The van der Waals surface area contributed by atoms with Gasteiger partial charge >= 0.3 is 0 Å². The molecular weight excluding hydrogens is 723 g/mol. The highest BCUT2D eigenvalue weighted by Gasteiger charge is 2.57. The second-order valence-corrected chi connectivity index (χ2v) is 16.7. The van der Waals surface area contributed by atoms with Crippen LogP contribution >= 0.6 is 0 Å². The molecule has 5 atom stereocenters. The van der Waals surface area contributed by atoms with Crippen LogP contribution in [-0.2, 0) is 41.6 Å². The fourth-order valence-electron chi connectivity index (χ4n) is 8.95. The van der Waals surface area contributed by atoms with Crippen molar-refractivity contribution < 1.29 is 28.8 Å². The minimum atomic E-state index is -1.18. The van der Waals surface area contributed by atoms with Crippen molar-refractivity contribution in [3.8, 4) is 0 Å². The summed E-state index contributed by atoms with van der Waals surface area (Å²) in [6.45, 7) is 4.88. The maximum atomic E-state index is 14.8. The molecule has 0 radical (unpaired) electrons. The van der Waals surface area contributed by atoms with Gasteiger partial charge in [-0.15, -0.1) is 0 Å². The Morgan fingerprint density at radius 2 is 1.39 bits per heavy atom. The van der Waals surface area contributed by atoms with Gasteiger partial charge in [0.05, 0.1) is 0 Å². The van der Waals surface area contributed by atoms with Crippen molar-refractivity contribution in [2.45, 2.75) is 133 Å². The Bertz CT molecular complexity index is 1680. The van der Waals surface area contributed by atoms with Crippen molar-refractivity contribution in [3.63, 3.8) is 0 Å². The van der Waals surface area contributed by atoms with E-state index in [4.69, 9.17) is 11.5 Å². The molecule has 2 aromatic carbocycles. The number of nitrogens with two attached hydrogens (primary N) is 2. The maximum absolute atomic E-state index is 14.8. The minimum Gasteiger partial charge on any atom is -0.368 e. The monoisotopic (exact) mass is 785 g/mol. The minimum absolute atomic E-state index is 0.0573. The topological polar surface area (TPSA) is 197 Å². The fraction of sp³-hybridized carbons (Fsp3) is 0.591. The van der Waals surface area contributed by atoms with Crippen molar-refractivity contribution in [2.75, 3.05) is 19.6 Å². The third-order valence-corrected chi connectivity index (χ3v) is 11.9. The number of nitrogens with zero attached hydrogens (tertiary/aromatic N) is 2. The lowest BCUT2D eigenvalue weighted by atomic mass is 9.84. The van der Waals surface area contributed by atoms with Gasteiger partial charge in [0, 0.05) is 32.4 Å².